The van der Waals surface area contributed by atoms with E-state index in [1.54, 1.807) is 0 Å². The van der Waals surface area contributed by atoms with Gasteiger partial charge in [0.15, 0.2) is 0 Å². The number of terminal acetylenes is 1. The minimum absolute atomic E-state index is 0.151. The first kappa shape index (κ1) is 37.8. The molecule has 0 saturated heterocycles. The third-order valence-electron chi connectivity index (χ3n) is 6.10. The van der Waals surface area contributed by atoms with Crippen LogP contribution in [0.4, 0.5) is 0 Å². The van der Waals surface area contributed by atoms with Gasteiger partial charge in [0.1, 0.15) is 0 Å². The van der Waals surface area contributed by atoms with Crippen molar-refractivity contribution in [1.29, 1.82) is 0 Å². The summed E-state index contributed by atoms with van der Waals surface area (Å²) in [5.74, 6) is 0. The van der Waals surface area contributed by atoms with Crippen LogP contribution in [0.25, 0.3) is 0 Å². The summed E-state index contributed by atoms with van der Waals surface area (Å²) < 4.78 is 26.3. The molecule has 0 aromatic carbocycles. The molecule has 5 nitrogen and oxygen atoms in total. The number of aliphatic hydroxyl groups excluding tert-OH is 1. The minimum Gasteiger partial charge on any atom is -0.394 e. The van der Waals surface area contributed by atoms with E-state index in [1.807, 2.05) is 0 Å². The Labute approximate surface area is 225 Å². The van der Waals surface area contributed by atoms with Gasteiger partial charge in [-0.25, -0.2) is 0 Å². The summed E-state index contributed by atoms with van der Waals surface area (Å²) in [6, 6.07) is 0. The molecule has 36 heavy (non-hydrogen) atoms. The van der Waals surface area contributed by atoms with Gasteiger partial charge in [0, 0.05) is 13.2 Å². The molecule has 0 amide bonds. The van der Waals surface area contributed by atoms with Crippen molar-refractivity contribution >= 4 is 8.03 Å². The van der Waals surface area contributed by atoms with Crippen molar-refractivity contribution in [3.8, 4) is 12.1 Å². The Morgan fingerprint density at radius 3 is 1.28 bits per heavy atom. The number of rotatable bonds is 28. The van der Waals surface area contributed by atoms with Crippen LogP contribution in [0.3, 0.4) is 0 Å². The molecule has 6 heteroatoms. The average Bonchev–Trinajstić information content (AvgIpc) is 2.89. The fourth-order valence-corrected chi connectivity index (χ4v) is 4.24. The standard InChI is InChI=1S/C16H31O3P.C14H30O2/c1-3-5-6-7-8-9-10-11-12-13-14-18-15-16-19-20(17)4-2;1-2-3-4-5-6-7-8-9-10-11-13-16-14-12-15/h2,20H,3,5-16H2,1H3;15H,2-14H2,1H3. The molecule has 1 N–H and O–H groups in total. The molecule has 0 heterocycles. The van der Waals surface area contributed by atoms with E-state index in [9.17, 15) is 4.57 Å². The van der Waals surface area contributed by atoms with Crippen molar-refractivity contribution in [2.45, 2.75) is 142 Å². The Kier molecular flexibility index (Phi) is 38.6. The monoisotopic (exact) mass is 532 g/mol. The average molecular weight is 533 g/mol. The van der Waals surface area contributed by atoms with Crippen molar-refractivity contribution in [3.63, 3.8) is 0 Å². The van der Waals surface area contributed by atoms with Crippen molar-refractivity contribution in [1.82, 2.24) is 0 Å². The first-order chi connectivity index (χ1) is 17.7. The maximum absolute atomic E-state index is 10.8. The highest BCUT2D eigenvalue weighted by molar-refractivity contribution is 7.45. The zero-order chi connectivity index (χ0) is 26.8. The molecule has 0 saturated carbocycles. The van der Waals surface area contributed by atoms with Crippen molar-refractivity contribution in [2.75, 3.05) is 39.6 Å². The van der Waals surface area contributed by atoms with Gasteiger partial charge in [-0.1, -0.05) is 129 Å². The number of hydrogen-bond donors (Lipinski definition) is 1. The van der Waals surface area contributed by atoms with Crippen LogP contribution in [0.1, 0.15) is 142 Å². The van der Waals surface area contributed by atoms with E-state index >= 15 is 0 Å². The minimum atomic E-state index is -2.25. The molecule has 0 aliphatic carbocycles. The molecule has 0 aromatic heterocycles. The van der Waals surface area contributed by atoms with Crippen LogP contribution < -0.4 is 0 Å². The van der Waals surface area contributed by atoms with Gasteiger partial charge >= 0.3 is 0 Å². The third kappa shape index (κ3) is 38.2. The van der Waals surface area contributed by atoms with Gasteiger partial charge in [0.25, 0.3) is 8.03 Å². The van der Waals surface area contributed by atoms with Crippen LogP contribution in [0, 0.1) is 12.1 Å². The fourth-order valence-electron chi connectivity index (χ4n) is 3.89. The number of ether oxygens (including phenoxy) is 2. The Morgan fingerprint density at radius 1 is 0.556 bits per heavy atom. The van der Waals surface area contributed by atoms with Crippen LogP contribution in [0.15, 0.2) is 0 Å². The van der Waals surface area contributed by atoms with Crippen LogP contribution in [-0.4, -0.2) is 44.7 Å². The SMILES string of the molecule is C#C[PH](=O)OCCOCCCCCCCCCCCC.CCCCCCCCCCCCOCCO. The van der Waals surface area contributed by atoms with E-state index in [2.05, 4.69) is 19.5 Å². The molecule has 0 rings (SSSR count). The molecule has 216 valence electrons. The second kappa shape index (κ2) is 36.8. The predicted octanol–water partition coefficient (Wildman–Crippen LogP) is 8.92. The van der Waals surface area contributed by atoms with E-state index in [0.717, 1.165) is 26.1 Å². The fraction of sp³-hybridized carbons (Fsp3) is 0.933. The second-order valence-electron chi connectivity index (χ2n) is 9.59. The first-order valence-corrected chi connectivity index (χ1v) is 16.4. The van der Waals surface area contributed by atoms with Gasteiger partial charge in [-0.05, 0) is 18.5 Å². The van der Waals surface area contributed by atoms with Crippen LogP contribution >= 0.6 is 8.03 Å². The molecular weight excluding hydrogens is 471 g/mol. The maximum Gasteiger partial charge on any atom is 0.262 e. The molecule has 0 aliphatic heterocycles. The lowest BCUT2D eigenvalue weighted by molar-refractivity contribution is 0.0895. The predicted molar refractivity (Wildman–Crippen MR) is 156 cm³/mol. The smallest absolute Gasteiger partial charge is 0.262 e. The number of hydrogen-bond acceptors (Lipinski definition) is 5. The van der Waals surface area contributed by atoms with Gasteiger partial charge in [0.2, 0.25) is 0 Å². The molecular formula is C30H61O5P. The summed E-state index contributed by atoms with van der Waals surface area (Å²) in [6.45, 7) is 7.56. The van der Waals surface area contributed by atoms with E-state index < -0.39 is 8.03 Å². The summed E-state index contributed by atoms with van der Waals surface area (Å²) in [5.41, 5.74) is 2.08. The topological polar surface area (TPSA) is 65.0 Å². The summed E-state index contributed by atoms with van der Waals surface area (Å²) in [5, 5.41) is 8.50. The van der Waals surface area contributed by atoms with Crippen molar-refractivity contribution < 1.29 is 23.7 Å². The molecule has 0 aromatic rings. The summed E-state index contributed by atoms with van der Waals surface area (Å²) in [4.78, 5) is 0. The lowest BCUT2D eigenvalue weighted by Crippen LogP contribution is -2.02. The second-order valence-corrected chi connectivity index (χ2v) is 10.7. The molecule has 0 fully saturated rings. The van der Waals surface area contributed by atoms with Crippen LogP contribution in [-0.2, 0) is 18.6 Å². The Bertz CT molecular complexity index is 439. The van der Waals surface area contributed by atoms with Crippen molar-refractivity contribution in [3.05, 3.63) is 0 Å². The maximum atomic E-state index is 10.8. The van der Waals surface area contributed by atoms with Crippen LogP contribution in [0.5, 0.6) is 0 Å². The summed E-state index contributed by atoms with van der Waals surface area (Å²) in [7, 11) is -2.25. The molecule has 0 spiro atoms. The zero-order valence-electron chi connectivity index (χ0n) is 24.0. The third-order valence-corrected chi connectivity index (χ3v) is 6.80. The van der Waals surface area contributed by atoms with E-state index in [-0.39, 0.29) is 6.61 Å². The molecule has 1 atom stereocenters. The Hall–Kier alpha value is -0.370. The highest BCUT2D eigenvalue weighted by Crippen LogP contribution is 2.18. The zero-order valence-corrected chi connectivity index (χ0v) is 25.0. The molecule has 0 radical (unpaired) electrons. The Balaban J connectivity index is 0. The normalized spacial score (nSPS) is 11.6. The lowest BCUT2D eigenvalue weighted by atomic mass is 10.1. The molecule has 0 bridgehead atoms. The quantitative estimate of drug-likeness (QED) is 0.0619. The van der Waals surface area contributed by atoms with Gasteiger partial charge < -0.3 is 19.1 Å². The highest BCUT2D eigenvalue weighted by Gasteiger charge is 1.96. The van der Waals surface area contributed by atoms with Crippen molar-refractivity contribution in [2.24, 2.45) is 0 Å². The summed E-state index contributed by atoms with van der Waals surface area (Å²) >= 11 is 0. The van der Waals surface area contributed by atoms with E-state index in [4.69, 9.17) is 25.5 Å². The first-order valence-electron chi connectivity index (χ1n) is 15.1. The van der Waals surface area contributed by atoms with E-state index in [1.165, 1.54) is 116 Å². The Morgan fingerprint density at radius 2 is 0.917 bits per heavy atom. The molecule has 0 aliphatic rings. The van der Waals surface area contributed by atoms with Gasteiger partial charge in [-0.2, -0.15) is 0 Å². The van der Waals surface area contributed by atoms with E-state index in [0.29, 0.717) is 19.8 Å². The van der Waals surface area contributed by atoms with Crippen LogP contribution in [0.2, 0.25) is 0 Å². The van der Waals surface area contributed by atoms with Gasteiger partial charge in [-0.3, -0.25) is 4.57 Å². The largest absolute Gasteiger partial charge is 0.394 e. The lowest BCUT2D eigenvalue weighted by Gasteiger charge is -2.04. The molecule has 1 unspecified atom stereocenters. The number of aliphatic hydroxyl groups is 1. The van der Waals surface area contributed by atoms with Gasteiger partial charge in [-0.15, -0.1) is 6.42 Å². The van der Waals surface area contributed by atoms with Gasteiger partial charge in [0.05, 0.1) is 26.4 Å². The number of unbranched alkanes of at least 4 members (excludes halogenated alkanes) is 18. The highest BCUT2D eigenvalue weighted by atomic mass is 31.1. The summed E-state index contributed by atoms with van der Waals surface area (Å²) in [6.07, 6.45) is 31.8.